The Labute approximate surface area is 212 Å². The van der Waals surface area contributed by atoms with Crippen molar-refractivity contribution in [2.45, 2.75) is 46.8 Å². The smallest absolute Gasteiger partial charge is 0.319 e. The highest BCUT2D eigenvalue weighted by atomic mass is 35.5. The fourth-order valence-corrected chi connectivity index (χ4v) is 2.84. The van der Waals surface area contributed by atoms with Gasteiger partial charge in [-0.05, 0) is 23.7 Å². The van der Waals surface area contributed by atoms with Gasteiger partial charge in [0.2, 0.25) is 0 Å². The van der Waals surface area contributed by atoms with Crippen molar-refractivity contribution in [2.24, 2.45) is 0 Å². The molecular formula is C15H3Cl4F16NO. The van der Waals surface area contributed by atoms with Gasteiger partial charge in [-0.3, -0.25) is 4.79 Å². The molecule has 1 aromatic rings. The zero-order valence-corrected chi connectivity index (χ0v) is 19.1. The Balaban J connectivity index is 3.62. The van der Waals surface area contributed by atoms with Gasteiger partial charge in [0.05, 0.1) is 20.8 Å². The molecule has 0 radical (unpaired) electrons. The lowest BCUT2D eigenvalue weighted by Gasteiger charge is -2.42. The summed E-state index contributed by atoms with van der Waals surface area (Å²) in [6.07, 6.45) is 0. The molecule has 0 aliphatic heterocycles. The van der Waals surface area contributed by atoms with E-state index in [-0.39, 0.29) is 0 Å². The van der Waals surface area contributed by atoms with Crippen LogP contribution in [0.25, 0.3) is 0 Å². The van der Waals surface area contributed by atoms with Crippen molar-refractivity contribution in [3.05, 3.63) is 27.2 Å². The van der Waals surface area contributed by atoms with Crippen LogP contribution in [-0.2, 0) is 4.79 Å². The largest absolute Gasteiger partial charge is 0.393 e. The number of hydrogen-bond donors (Lipinski definition) is 1. The number of alkyl halides is 17. The molecule has 1 aromatic carbocycles. The maximum Gasteiger partial charge on any atom is 0.393 e. The van der Waals surface area contributed by atoms with E-state index in [0.29, 0.717) is 17.4 Å². The van der Waals surface area contributed by atoms with Gasteiger partial charge in [0.25, 0.3) is 0 Å². The summed E-state index contributed by atoms with van der Waals surface area (Å²) >= 11 is 19.6. The molecule has 0 atom stereocenters. The Morgan fingerprint density at radius 2 is 0.865 bits per heavy atom. The zero-order valence-electron chi connectivity index (χ0n) is 16.1. The third-order valence-electron chi connectivity index (χ3n) is 4.27. The molecule has 0 fully saturated rings. The van der Waals surface area contributed by atoms with Gasteiger partial charge in [-0.2, -0.15) is 70.2 Å². The van der Waals surface area contributed by atoms with Crippen molar-refractivity contribution in [2.75, 3.05) is 5.32 Å². The van der Waals surface area contributed by atoms with Crippen LogP contribution in [0, 0.1) is 0 Å². The molecule has 0 aliphatic carbocycles. The van der Waals surface area contributed by atoms with Crippen LogP contribution in [0.2, 0.25) is 15.1 Å². The van der Waals surface area contributed by atoms with Gasteiger partial charge in [-0.25, -0.2) is 0 Å². The minimum absolute atomic E-state index is 0.314. The van der Waals surface area contributed by atoms with Crippen LogP contribution >= 0.6 is 46.4 Å². The number of benzene rings is 1. The van der Waals surface area contributed by atoms with Crippen LogP contribution in [0.4, 0.5) is 75.9 Å². The van der Waals surface area contributed by atoms with E-state index in [1.54, 1.807) is 0 Å². The minimum Gasteiger partial charge on any atom is -0.319 e. The molecular weight excluding hydrogens is 656 g/mol. The van der Waals surface area contributed by atoms with E-state index in [4.69, 9.17) is 34.8 Å². The van der Waals surface area contributed by atoms with Gasteiger partial charge in [0, 0.05) is 0 Å². The van der Waals surface area contributed by atoms with Crippen molar-refractivity contribution < 1.29 is 75.0 Å². The molecule has 0 saturated carbocycles. The first kappa shape index (κ1) is 33.8. The molecule has 1 amide bonds. The number of hydrogen-bond acceptors (Lipinski definition) is 1. The summed E-state index contributed by atoms with van der Waals surface area (Å²) in [4.78, 5) is 11.5. The van der Waals surface area contributed by atoms with E-state index in [1.807, 2.05) is 0 Å². The Morgan fingerprint density at radius 3 is 1.24 bits per heavy atom. The Morgan fingerprint density at radius 1 is 0.541 bits per heavy atom. The van der Waals surface area contributed by atoms with E-state index in [9.17, 15) is 75.0 Å². The third kappa shape index (κ3) is 4.83. The van der Waals surface area contributed by atoms with Crippen LogP contribution in [0.5, 0.6) is 0 Å². The lowest BCUT2D eigenvalue weighted by molar-refractivity contribution is -0.445. The first-order valence-electron chi connectivity index (χ1n) is 8.14. The fraction of sp³-hybridized carbons (Fsp3) is 0.533. The van der Waals surface area contributed by atoms with Crippen molar-refractivity contribution in [3.63, 3.8) is 0 Å². The van der Waals surface area contributed by atoms with Gasteiger partial charge in [0.15, 0.2) is 0 Å². The van der Waals surface area contributed by atoms with E-state index < -0.39 is 73.5 Å². The van der Waals surface area contributed by atoms with E-state index >= 15 is 0 Å². The van der Waals surface area contributed by atoms with Crippen LogP contribution in [0.1, 0.15) is 0 Å². The first-order chi connectivity index (χ1) is 16.0. The third-order valence-corrected chi connectivity index (χ3v) is 5.54. The van der Waals surface area contributed by atoms with Crippen molar-refractivity contribution in [3.8, 4) is 0 Å². The molecule has 0 bridgehead atoms. The number of amides is 1. The Kier molecular flexibility index (Phi) is 8.60. The van der Waals surface area contributed by atoms with Crippen molar-refractivity contribution in [1.29, 1.82) is 0 Å². The van der Waals surface area contributed by atoms with Crippen LogP contribution < -0.4 is 5.32 Å². The average molecular weight is 659 g/mol. The maximum absolute atomic E-state index is 13.9. The quantitative estimate of drug-likeness (QED) is 0.160. The molecule has 0 saturated heterocycles. The number of halogens is 20. The van der Waals surface area contributed by atoms with Crippen LogP contribution in [0.15, 0.2) is 12.1 Å². The van der Waals surface area contributed by atoms with Gasteiger partial charge in [-0.1, -0.05) is 34.8 Å². The molecule has 1 N–H and O–H groups in total. The SMILES string of the molecule is O=C(Nc1cc(Cl)c(Cl)cc1Cl)C(F)(F)C(F)(F)C(F)(F)C(F)(F)C(F)(F)C(F)(F)C(F)(F)C(F)(F)Cl. The van der Waals surface area contributed by atoms with Gasteiger partial charge < -0.3 is 5.32 Å². The lowest BCUT2D eigenvalue weighted by Crippen LogP contribution is -2.75. The number of rotatable bonds is 9. The van der Waals surface area contributed by atoms with E-state index in [2.05, 4.69) is 11.6 Å². The Hall–Kier alpha value is -1.27. The summed E-state index contributed by atoms with van der Waals surface area (Å²) in [5.41, 5.74) is -1.24. The minimum atomic E-state index is -8.69. The van der Waals surface area contributed by atoms with Crippen molar-refractivity contribution in [1.82, 2.24) is 0 Å². The monoisotopic (exact) mass is 657 g/mol. The lowest BCUT2D eigenvalue weighted by atomic mass is 9.89. The number of anilines is 1. The maximum atomic E-state index is 13.9. The van der Waals surface area contributed by atoms with Gasteiger partial charge in [-0.15, -0.1) is 0 Å². The molecule has 37 heavy (non-hydrogen) atoms. The summed E-state index contributed by atoms with van der Waals surface area (Å²) in [6, 6.07) is 0.851. The highest BCUT2D eigenvalue weighted by Crippen LogP contribution is 2.64. The second-order valence-electron chi connectivity index (χ2n) is 6.72. The average Bonchev–Trinajstić information content (AvgIpc) is 2.70. The number of nitrogens with one attached hydrogen (secondary N) is 1. The predicted molar refractivity (Wildman–Crippen MR) is 95.5 cm³/mol. The van der Waals surface area contributed by atoms with E-state index in [1.165, 1.54) is 0 Å². The number of carbonyl (C=O) groups excluding carboxylic acids is 1. The Bertz CT molecular complexity index is 1060. The zero-order chi connectivity index (χ0) is 30.0. The summed E-state index contributed by atoms with van der Waals surface area (Å²) in [7, 11) is 0. The highest BCUT2D eigenvalue weighted by Gasteiger charge is 2.95. The standard InChI is InChI=1S/C15H3Cl4F16NO/c16-3-1-5(18)6(2-4(3)17)36-7(37)8(20,21)9(22,23)10(24,25)11(26,27)12(28,29)13(30,31)14(32,33)15(19,34)35/h1-2H,(H,36,37). The number of carbonyl (C=O) groups is 1. The van der Waals surface area contributed by atoms with Gasteiger partial charge in [0.1, 0.15) is 0 Å². The fourth-order valence-electron chi connectivity index (χ4n) is 2.13. The van der Waals surface area contributed by atoms with E-state index in [0.717, 1.165) is 0 Å². The predicted octanol–water partition coefficient (Wildman–Crippen LogP) is 8.86. The second-order valence-corrected chi connectivity index (χ2v) is 8.42. The molecule has 0 spiro atoms. The molecule has 0 heterocycles. The summed E-state index contributed by atoms with van der Waals surface area (Å²) < 4.78 is 215. The molecule has 22 heteroatoms. The molecule has 0 unspecified atom stereocenters. The second kappa shape index (κ2) is 9.43. The normalized spacial score (nSPS) is 15.1. The molecule has 2 nitrogen and oxygen atoms in total. The topological polar surface area (TPSA) is 29.1 Å². The van der Waals surface area contributed by atoms with Crippen LogP contribution in [0.3, 0.4) is 0 Å². The first-order valence-corrected chi connectivity index (χ1v) is 9.65. The highest BCUT2D eigenvalue weighted by molar-refractivity contribution is 6.44. The van der Waals surface area contributed by atoms with Gasteiger partial charge >= 0.3 is 52.7 Å². The summed E-state index contributed by atoms with van der Waals surface area (Å²) in [6.45, 7) is 0. The molecule has 0 aromatic heterocycles. The summed E-state index contributed by atoms with van der Waals surface area (Å²) in [5.74, 6) is -61.2. The molecule has 1 rings (SSSR count). The van der Waals surface area contributed by atoms with Crippen molar-refractivity contribution >= 4 is 58.0 Å². The van der Waals surface area contributed by atoms with Crippen LogP contribution in [-0.4, -0.2) is 52.7 Å². The molecule has 214 valence electrons. The summed E-state index contributed by atoms with van der Waals surface area (Å²) in [5, 5.41) is -8.31. The molecule has 0 aliphatic rings.